The second-order valence-electron chi connectivity index (χ2n) is 1.44. The maximum atomic E-state index is 5.50. The van der Waals surface area contributed by atoms with Crippen LogP contribution < -0.4 is 5.73 Å². The lowest BCUT2D eigenvalue weighted by Gasteiger charge is -1.88. The zero-order chi connectivity index (χ0) is 5.98. The molecule has 0 aromatic carbocycles. The van der Waals surface area contributed by atoms with Gasteiger partial charge < -0.3 is 5.73 Å². The van der Waals surface area contributed by atoms with Crippen LogP contribution in [0.25, 0.3) is 0 Å². The summed E-state index contributed by atoms with van der Waals surface area (Å²) in [6.07, 6.45) is 3.09. The van der Waals surface area contributed by atoms with Crippen LogP contribution in [-0.4, -0.2) is 4.98 Å². The van der Waals surface area contributed by atoms with Crippen LogP contribution in [-0.2, 0) is 0 Å². The summed E-state index contributed by atoms with van der Waals surface area (Å²) in [5.41, 5.74) is 5.91. The van der Waals surface area contributed by atoms with E-state index in [-0.39, 0.29) is 24.8 Å². The molecular formula is C5H7Cl3N2. The maximum Gasteiger partial charge on any atom is 0.0609 e. The number of nitrogen functional groups attached to an aromatic ring is 1. The lowest BCUT2D eigenvalue weighted by atomic mass is 10.4. The van der Waals surface area contributed by atoms with Gasteiger partial charge in [0, 0.05) is 12.4 Å². The topological polar surface area (TPSA) is 38.9 Å². The smallest absolute Gasteiger partial charge is 0.0609 e. The predicted octanol–water partition coefficient (Wildman–Crippen LogP) is 2.16. The molecule has 0 fully saturated rings. The lowest BCUT2D eigenvalue weighted by Crippen LogP contribution is -1.83. The lowest BCUT2D eigenvalue weighted by molar-refractivity contribution is 1.33. The molecule has 0 aliphatic heterocycles. The number of hydrogen-bond donors (Lipinski definition) is 1. The minimum atomic E-state index is 0. The van der Waals surface area contributed by atoms with Crippen molar-refractivity contribution in [2.45, 2.75) is 0 Å². The third-order valence-corrected chi connectivity index (χ3v) is 0.933. The highest BCUT2D eigenvalue weighted by molar-refractivity contribution is 6.30. The van der Waals surface area contributed by atoms with Crippen LogP contribution in [0.2, 0.25) is 5.02 Å². The van der Waals surface area contributed by atoms with E-state index in [2.05, 4.69) is 4.98 Å². The summed E-state index contributed by atoms with van der Waals surface area (Å²) >= 11 is 5.50. The summed E-state index contributed by atoms with van der Waals surface area (Å²) < 4.78 is 0. The van der Waals surface area contributed by atoms with Crippen molar-refractivity contribution in [3.63, 3.8) is 0 Å². The Morgan fingerprint density at radius 3 is 2.20 bits per heavy atom. The van der Waals surface area contributed by atoms with Crippen LogP contribution in [0.5, 0.6) is 0 Å². The fourth-order valence-electron chi connectivity index (χ4n) is 0.428. The number of pyridine rings is 1. The van der Waals surface area contributed by atoms with E-state index in [9.17, 15) is 0 Å². The van der Waals surface area contributed by atoms with E-state index in [0.29, 0.717) is 10.7 Å². The van der Waals surface area contributed by atoms with E-state index >= 15 is 0 Å². The molecule has 5 heteroatoms. The standard InChI is InChI=1S/C5H5ClN2.2ClH/c6-4-1-5(7)3-8-2-4;;/h1-3H,7H2;2*1H. The quantitative estimate of drug-likeness (QED) is 0.699. The van der Waals surface area contributed by atoms with E-state index in [1.807, 2.05) is 0 Å². The van der Waals surface area contributed by atoms with Gasteiger partial charge in [-0.15, -0.1) is 24.8 Å². The van der Waals surface area contributed by atoms with Crippen LogP contribution in [0, 0.1) is 0 Å². The van der Waals surface area contributed by atoms with Gasteiger partial charge in [0.15, 0.2) is 0 Å². The number of rotatable bonds is 0. The minimum Gasteiger partial charge on any atom is -0.397 e. The Hall–Kier alpha value is -0.180. The first-order chi connectivity index (χ1) is 3.79. The zero-order valence-corrected chi connectivity index (χ0v) is 7.34. The van der Waals surface area contributed by atoms with E-state index in [1.54, 1.807) is 12.3 Å². The van der Waals surface area contributed by atoms with Crippen molar-refractivity contribution in [1.82, 2.24) is 4.98 Å². The van der Waals surface area contributed by atoms with Gasteiger partial charge >= 0.3 is 0 Å². The van der Waals surface area contributed by atoms with Crippen molar-refractivity contribution in [3.8, 4) is 0 Å². The van der Waals surface area contributed by atoms with E-state index in [1.165, 1.54) is 6.20 Å². The first-order valence-electron chi connectivity index (χ1n) is 2.15. The second-order valence-corrected chi connectivity index (χ2v) is 1.87. The van der Waals surface area contributed by atoms with E-state index in [4.69, 9.17) is 17.3 Å². The van der Waals surface area contributed by atoms with Gasteiger partial charge in [-0.3, -0.25) is 4.98 Å². The molecule has 2 nitrogen and oxygen atoms in total. The largest absolute Gasteiger partial charge is 0.397 e. The Morgan fingerprint density at radius 1 is 1.30 bits per heavy atom. The van der Waals surface area contributed by atoms with E-state index in [0.717, 1.165) is 0 Å². The first-order valence-corrected chi connectivity index (χ1v) is 2.53. The van der Waals surface area contributed by atoms with Crippen LogP contribution >= 0.6 is 36.4 Å². The average Bonchev–Trinajstić information content (AvgIpc) is 1.64. The molecule has 0 spiro atoms. The molecule has 1 aromatic heterocycles. The Morgan fingerprint density at radius 2 is 1.90 bits per heavy atom. The molecule has 0 atom stereocenters. The molecule has 0 aliphatic carbocycles. The summed E-state index contributed by atoms with van der Waals surface area (Å²) in [6, 6.07) is 1.65. The van der Waals surface area contributed by atoms with Crippen molar-refractivity contribution < 1.29 is 0 Å². The molecule has 0 saturated carbocycles. The van der Waals surface area contributed by atoms with E-state index < -0.39 is 0 Å². The fraction of sp³-hybridized carbons (Fsp3) is 0. The SMILES string of the molecule is Cl.Cl.Nc1cncc(Cl)c1. The molecule has 0 radical (unpaired) electrons. The van der Waals surface area contributed by atoms with Crippen molar-refractivity contribution in [1.29, 1.82) is 0 Å². The highest BCUT2D eigenvalue weighted by Crippen LogP contribution is 2.08. The number of aromatic nitrogens is 1. The van der Waals surface area contributed by atoms with Gasteiger partial charge in [-0.2, -0.15) is 0 Å². The molecule has 0 aliphatic rings. The molecule has 58 valence electrons. The molecular weight excluding hydrogens is 194 g/mol. The van der Waals surface area contributed by atoms with Crippen molar-refractivity contribution in [2.75, 3.05) is 5.73 Å². The fourth-order valence-corrected chi connectivity index (χ4v) is 0.611. The highest BCUT2D eigenvalue weighted by atomic mass is 35.5. The van der Waals surface area contributed by atoms with Crippen molar-refractivity contribution >= 4 is 42.1 Å². The van der Waals surface area contributed by atoms with Gasteiger partial charge in [0.05, 0.1) is 10.7 Å². The van der Waals surface area contributed by atoms with Gasteiger partial charge in [0.25, 0.3) is 0 Å². The molecule has 0 saturated heterocycles. The number of hydrogen-bond acceptors (Lipinski definition) is 2. The van der Waals surface area contributed by atoms with Crippen LogP contribution in [0.15, 0.2) is 18.5 Å². The van der Waals surface area contributed by atoms with Gasteiger partial charge in [-0.05, 0) is 6.07 Å². The van der Waals surface area contributed by atoms with Gasteiger partial charge in [-0.1, -0.05) is 11.6 Å². The van der Waals surface area contributed by atoms with Crippen LogP contribution in [0.4, 0.5) is 5.69 Å². The number of nitrogens with two attached hydrogens (primary N) is 1. The Kier molecular flexibility index (Phi) is 6.99. The van der Waals surface area contributed by atoms with Gasteiger partial charge in [-0.25, -0.2) is 0 Å². The molecule has 10 heavy (non-hydrogen) atoms. The van der Waals surface area contributed by atoms with Crippen molar-refractivity contribution in [2.24, 2.45) is 0 Å². The van der Waals surface area contributed by atoms with Crippen molar-refractivity contribution in [3.05, 3.63) is 23.5 Å². The zero-order valence-electron chi connectivity index (χ0n) is 4.95. The first kappa shape index (κ1) is 12.5. The Bertz CT molecular complexity index is 175. The Balaban J connectivity index is 0. The molecule has 0 amide bonds. The summed E-state index contributed by atoms with van der Waals surface area (Å²) in [7, 11) is 0. The number of nitrogens with zero attached hydrogens (tertiary/aromatic N) is 1. The third-order valence-electron chi connectivity index (χ3n) is 0.726. The molecule has 2 N–H and O–H groups in total. The van der Waals surface area contributed by atoms with Crippen LogP contribution in [0.3, 0.4) is 0 Å². The average molecular weight is 201 g/mol. The highest BCUT2D eigenvalue weighted by Gasteiger charge is 1.84. The molecule has 1 heterocycles. The molecule has 1 aromatic rings. The Labute approximate surface area is 76.6 Å². The minimum absolute atomic E-state index is 0. The van der Waals surface area contributed by atoms with Crippen LogP contribution in [0.1, 0.15) is 0 Å². The number of halogens is 3. The van der Waals surface area contributed by atoms with Gasteiger partial charge in [0.1, 0.15) is 0 Å². The summed E-state index contributed by atoms with van der Waals surface area (Å²) in [6.45, 7) is 0. The molecule has 0 bridgehead atoms. The number of anilines is 1. The molecule has 1 rings (SSSR count). The summed E-state index contributed by atoms with van der Waals surface area (Å²) in [4.78, 5) is 3.73. The van der Waals surface area contributed by atoms with Gasteiger partial charge in [0.2, 0.25) is 0 Å². The monoisotopic (exact) mass is 200 g/mol. The maximum absolute atomic E-state index is 5.50. The normalized spacial score (nSPS) is 7.30. The summed E-state index contributed by atoms with van der Waals surface area (Å²) in [5, 5.41) is 0.574. The predicted molar refractivity (Wildman–Crippen MR) is 48.2 cm³/mol. The summed E-state index contributed by atoms with van der Waals surface area (Å²) in [5.74, 6) is 0. The third kappa shape index (κ3) is 3.77. The second kappa shape index (κ2) is 5.59. The molecule has 0 unspecified atom stereocenters.